The predicted octanol–water partition coefficient (Wildman–Crippen LogP) is 7.58. The van der Waals surface area contributed by atoms with Crippen LogP contribution < -0.4 is 15.8 Å². The number of nitrogens with one attached hydrogen (secondary N) is 1. The molecule has 0 aliphatic carbocycles. The summed E-state index contributed by atoms with van der Waals surface area (Å²) < 4.78 is 20.8. The molecule has 7 heteroatoms. The molecule has 1 heterocycles. The highest BCUT2D eigenvalue weighted by molar-refractivity contribution is 5.70. The number of hydrogen-bond donors (Lipinski definition) is 2. The molecule has 4 rings (SSSR count). The van der Waals surface area contributed by atoms with Crippen molar-refractivity contribution in [2.75, 3.05) is 11.1 Å². The van der Waals surface area contributed by atoms with E-state index in [-0.39, 0.29) is 19.1 Å². The summed E-state index contributed by atoms with van der Waals surface area (Å²) in [7, 11) is 0. The number of halogens is 1. The minimum atomic E-state index is -0.542. The van der Waals surface area contributed by atoms with Gasteiger partial charge in [0.15, 0.2) is 11.6 Å². The molecule has 3 aromatic carbocycles. The van der Waals surface area contributed by atoms with Gasteiger partial charge in [0.2, 0.25) is 5.95 Å². The Bertz CT molecular complexity index is 1460. The lowest BCUT2D eigenvalue weighted by Crippen LogP contribution is -2.02. The molecule has 0 spiro atoms. The molecule has 0 atom stereocenters. The van der Waals surface area contributed by atoms with Crippen molar-refractivity contribution in [3.05, 3.63) is 102 Å². The monoisotopic (exact) mass is 479 g/mol. The predicted molar refractivity (Wildman–Crippen MR) is 144 cm³/mol. The van der Waals surface area contributed by atoms with Crippen molar-refractivity contribution in [2.24, 2.45) is 0 Å². The topological polar surface area (TPSA) is 96.8 Å². The third-order valence-corrected chi connectivity index (χ3v) is 5.13. The van der Waals surface area contributed by atoms with E-state index in [1.807, 2.05) is 31.2 Å². The Balaban J connectivity index is 0.00000361. The number of nitrogens with zero attached hydrogens (tertiary/aromatic N) is 3. The number of ether oxygens (including phenoxy) is 1. The van der Waals surface area contributed by atoms with E-state index in [9.17, 15) is 4.39 Å². The molecule has 180 valence electrons. The second kappa shape index (κ2) is 11.4. The van der Waals surface area contributed by atoms with Crippen LogP contribution in [-0.4, -0.2) is 9.97 Å². The zero-order chi connectivity index (χ0) is 24.8. The van der Waals surface area contributed by atoms with Gasteiger partial charge in [0.05, 0.1) is 17.3 Å². The van der Waals surface area contributed by atoms with Crippen molar-refractivity contribution >= 4 is 29.6 Å². The van der Waals surface area contributed by atoms with Crippen LogP contribution in [0.25, 0.3) is 23.4 Å². The van der Waals surface area contributed by atoms with Crippen LogP contribution in [0.3, 0.4) is 0 Å². The van der Waals surface area contributed by atoms with E-state index >= 15 is 0 Å². The van der Waals surface area contributed by atoms with Gasteiger partial charge >= 0.3 is 0 Å². The summed E-state index contributed by atoms with van der Waals surface area (Å²) in [5.41, 5.74) is 9.95. The second-order valence-electron chi connectivity index (χ2n) is 7.52. The first-order chi connectivity index (χ1) is 17.0. The Labute approximate surface area is 210 Å². The van der Waals surface area contributed by atoms with E-state index in [0.29, 0.717) is 28.5 Å². The number of aromatic nitrogens is 2. The molecular weight excluding hydrogens is 453 g/mol. The van der Waals surface area contributed by atoms with Gasteiger partial charge in [0.25, 0.3) is 0 Å². The number of nitrogens with two attached hydrogens (primary N) is 1. The van der Waals surface area contributed by atoms with Crippen molar-refractivity contribution in [2.45, 2.75) is 14.4 Å². The van der Waals surface area contributed by atoms with Gasteiger partial charge in [-0.25, -0.2) is 9.37 Å². The first-order valence-electron chi connectivity index (χ1n) is 10.8. The molecule has 0 aliphatic rings. The molecule has 0 radical (unpaired) electrons. The average molecular weight is 480 g/mol. The molecule has 0 bridgehead atoms. The summed E-state index contributed by atoms with van der Waals surface area (Å²) in [6.45, 7) is 5.73. The molecule has 0 aliphatic heterocycles. The van der Waals surface area contributed by atoms with Gasteiger partial charge in [-0.1, -0.05) is 56.5 Å². The summed E-state index contributed by atoms with van der Waals surface area (Å²) in [6.07, 6.45) is 5.51. The maximum absolute atomic E-state index is 14.9. The summed E-state index contributed by atoms with van der Waals surface area (Å²) in [6, 6.07) is 20.8. The van der Waals surface area contributed by atoms with Crippen molar-refractivity contribution in [3.8, 4) is 28.8 Å². The molecule has 3 N–H and O–H groups in total. The fourth-order valence-corrected chi connectivity index (χ4v) is 3.49. The Hall–Kier alpha value is -4.96. The number of allylic oxidation sites excluding steroid dienone is 1. The lowest BCUT2D eigenvalue weighted by molar-refractivity contribution is 0.441. The van der Waals surface area contributed by atoms with Crippen LogP contribution >= 0.6 is 0 Å². The molecule has 4 aromatic rings. The standard InChI is InChI=1S/C28H22FN5O.CH4/c1-3-6-22-19(4-2)7-5-8-25(22)35-26-14-13-21(15-23(26)29)32-27-16-24(33-28(31)34-27)20-11-9-18(17-30)10-12-20;/h3-16H,2H2,1H3,(H3,31,32,33,34);1H4/b6-3-;. The van der Waals surface area contributed by atoms with Gasteiger partial charge in [0.1, 0.15) is 11.6 Å². The minimum absolute atomic E-state index is 0. The zero-order valence-corrected chi connectivity index (χ0v) is 19.0. The minimum Gasteiger partial charge on any atom is -0.454 e. The lowest BCUT2D eigenvalue weighted by atomic mass is 10.1. The number of nitrogen functional groups attached to an aromatic ring is 1. The summed E-state index contributed by atoms with van der Waals surface area (Å²) >= 11 is 0. The number of hydrogen-bond acceptors (Lipinski definition) is 6. The van der Waals surface area contributed by atoms with E-state index in [1.54, 1.807) is 54.6 Å². The highest BCUT2D eigenvalue weighted by Gasteiger charge is 2.12. The normalized spacial score (nSPS) is 10.4. The summed E-state index contributed by atoms with van der Waals surface area (Å²) in [5.74, 6) is 0.533. The van der Waals surface area contributed by atoms with Crippen LogP contribution in [0, 0.1) is 17.1 Å². The lowest BCUT2D eigenvalue weighted by Gasteiger charge is -2.13. The van der Waals surface area contributed by atoms with Crippen LogP contribution in [0.5, 0.6) is 11.5 Å². The second-order valence-corrected chi connectivity index (χ2v) is 7.52. The highest BCUT2D eigenvalue weighted by atomic mass is 19.1. The van der Waals surface area contributed by atoms with E-state index in [2.05, 4.69) is 27.9 Å². The SMILES string of the molecule is C.C=Cc1cccc(Oc2ccc(Nc3cc(-c4ccc(C#N)cc4)nc(N)n3)cc2F)c1/C=C\C. The number of rotatable bonds is 7. The van der Waals surface area contributed by atoms with Crippen molar-refractivity contribution in [1.29, 1.82) is 5.26 Å². The van der Waals surface area contributed by atoms with Crippen LogP contribution in [0.1, 0.15) is 31.0 Å². The largest absolute Gasteiger partial charge is 0.454 e. The molecule has 0 unspecified atom stereocenters. The molecule has 1 aromatic heterocycles. The van der Waals surface area contributed by atoms with Crippen molar-refractivity contribution < 1.29 is 9.13 Å². The Morgan fingerprint density at radius 2 is 1.83 bits per heavy atom. The third-order valence-electron chi connectivity index (χ3n) is 5.13. The summed E-state index contributed by atoms with van der Waals surface area (Å²) in [4.78, 5) is 8.45. The molecule has 0 fully saturated rings. The summed E-state index contributed by atoms with van der Waals surface area (Å²) in [5, 5.41) is 12.0. The highest BCUT2D eigenvalue weighted by Crippen LogP contribution is 2.33. The van der Waals surface area contributed by atoms with Crippen LogP contribution in [0.15, 0.2) is 79.4 Å². The molecule has 0 saturated heterocycles. The van der Waals surface area contributed by atoms with Gasteiger partial charge in [-0.15, -0.1) is 0 Å². The van der Waals surface area contributed by atoms with Crippen LogP contribution in [0.2, 0.25) is 0 Å². The van der Waals surface area contributed by atoms with Gasteiger partial charge in [-0.3, -0.25) is 0 Å². The fraction of sp³-hybridized carbons (Fsp3) is 0.0690. The molecule has 36 heavy (non-hydrogen) atoms. The zero-order valence-electron chi connectivity index (χ0n) is 19.0. The van der Waals surface area contributed by atoms with Crippen LogP contribution in [0.4, 0.5) is 21.8 Å². The Morgan fingerprint density at radius 1 is 1.06 bits per heavy atom. The number of anilines is 3. The van der Waals surface area contributed by atoms with E-state index in [4.69, 9.17) is 15.7 Å². The molecule has 6 nitrogen and oxygen atoms in total. The van der Waals surface area contributed by atoms with E-state index in [0.717, 1.165) is 16.7 Å². The Morgan fingerprint density at radius 3 is 2.50 bits per heavy atom. The van der Waals surface area contributed by atoms with Gasteiger partial charge in [0, 0.05) is 28.9 Å². The van der Waals surface area contributed by atoms with Crippen LogP contribution in [-0.2, 0) is 0 Å². The fourth-order valence-electron chi connectivity index (χ4n) is 3.49. The first kappa shape index (κ1) is 25.7. The van der Waals surface area contributed by atoms with Crippen molar-refractivity contribution in [3.63, 3.8) is 0 Å². The molecular formula is C29H26FN5O. The molecule has 0 saturated carbocycles. The quantitative estimate of drug-likeness (QED) is 0.283. The first-order valence-corrected chi connectivity index (χ1v) is 10.8. The molecule has 0 amide bonds. The Kier molecular flexibility index (Phi) is 8.16. The van der Waals surface area contributed by atoms with Gasteiger partial charge in [-0.05, 0) is 42.8 Å². The maximum Gasteiger partial charge on any atom is 0.222 e. The number of nitriles is 1. The van der Waals surface area contributed by atoms with Crippen molar-refractivity contribution in [1.82, 2.24) is 9.97 Å². The third kappa shape index (κ3) is 5.75. The number of benzene rings is 3. The average Bonchev–Trinajstić information content (AvgIpc) is 2.86. The van der Waals surface area contributed by atoms with Gasteiger partial charge in [-0.2, -0.15) is 10.2 Å². The van der Waals surface area contributed by atoms with Gasteiger partial charge < -0.3 is 15.8 Å². The maximum atomic E-state index is 14.9. The van der Waals surface area contributed by atoms with E-state index < -0.39 is 5.82 Å². The van der Waals surface area contributed by atoms with E-state index in [1.165, 1.54) is 6.07 Å². The smallest absolute Gasteiger partial charge is 0.222 e.